The van der Waals surface area contributed by atoms with Crippen LogP contribution in [0.1, 0.15) is 18.7 Å². The van der Waals surface area contributed by atoms with Crippen molar-refractivity contribution in [2.45, 2.75) is 25.8 Å². The highest BCUT2D eigenvalue weighted by atomic mass is 35.5. The van der Waals surface area contributed by atoms with Gasteiger partial charge in [-0.3, -0.25) is 4.79 Å². The Morgan fingerprint density at radius 2 is 2.32 bits per heavy atom. The number of carboxylic acids is 1. The second-order valence-electron chi connectivity index (χ2n) is 4.31. The number of hydrogen-bond donors (Lipinski definition) is 1. The van der Waals surface area contributed by atoms with Crippen LogP contribution < -0.4 is 0 Å². The third-order valence-corrected chi connectivity index (χ3v) is 3.13. The molecule has 1 N–H and O–H groups in total. The maximum atomic E-state index is 10.6. The monoisotopic (exact) mass is 278 g/mol. The fourth-order valence-electron chi connectivity index (χ4n) is 2.07. The molecule has 1 aromatic heterocycles. The number of allylic oxidation sites excluding steroid dienone is 1. The van der Waals surface area contributed by atoms with Gasteiger partial charge < -0.3 is 9.67 Å². The molecule has 4 nitrogen and oxygen atoms in total. The molecule has 0 unspecified atom stereocenters. The molecule has 0 amide bonds. The summed E-state index contributed by atoms with van der Waals surface area (Å²) in [4.78, 5) is 15.1. The van der Waals surface area contributed by atoms with Gasteiger partial charge in [0.25, 0.3) is 0 Å². The van der Waals surface area contributed by atoms with Crippen LogP contribution in [0.2, 0.25) is 5.02 Å². The number of halogens is 1. The summed E-state index contributed by atoms with van der Waals surface area (Å²) in [6.45, 7) is 4.39. The highest BCUT2D eigenvalue weighted by molar-refractivity contribution is 6.31. The molecule has 2 rings (SSSR count). The summed E-state index contributed by atoms with van der Waals surface area (Å²) in [5, 5.41) is 9.33. The molecule has 0 spiro atoms. The van der Waals surface area contributed by atoms with Gasteiger partial charge in [0.15, 0.2) is 0 Å². The SMILES string of the molecule is C=CCn1c(CCCC(=O)O)nc2cc(Cl)ccc21. The molecule has 0 fully saturated rings. The zero-order chi connectivity index (χ0) is 13.8. The molecule has 0 saturated heterocycles. The average molecular weight is 279 g/mol. The van der Waals surface area contributed by atoms with Gasteiger partial charge in [-0.25, -0.2) is 4.98 Å². The maximum Gasteiger partial charge on any atom is 0.303 e. The molecule has 1 aromatic carbocycles. The van der Waals surface area contributed by atoms with Crippen LogP contribution in [0.3, 0.4) is 0 Å². The zero-order valence-electron chi connectivity index (χ0n) is 10.5. The van der Waals surface area contributed by atoms with Crippen LogP contribution in [-0.4, -0.2) is 20.6 Å². The number of hydrogen-bond acceptors (Lipinski definition) is 2. The Morgan fingerprint density at radius 3 is 3.00 bits per heavy atom. The third-order valence-electron chi connectivity index (χ3n) is 2.89. The first-order chi connectivity index (χ1) is 9.11. The van der Waals surface area contributed by atoms with Gasteiger partial charge >= 0.3 is 5.97 Å². The Hall–Kier alpha value is -1.81. The Balaban J connectivity index is 2.32. The number of carboxylic acid groups (broad SMARTS) is 1. The smallest absolute Gasteiger partial charge is 0.303 e. The topological polar surface area (TPSA) is 55.1 Å². The lowest BCUT2D eigenvalue weighted by Crippen LogP contribution is -2.04. The van der Waals surface area contributed by atoms with E-state index in [1.54, 1.807) is 6.08 Å². The predicted octanol–water partition coefficient (Wildman–Crippen LogP) is 3.28. The minimum absolute atomic E-state index is 0.151. The number of nitrogens with zero attached hydrogens (tertiary/aromatic N) is 2. The van der Waals surface area contributed by atoms with Crippen molar-refractivity contribution in [3.8, 4) is 0 Å². The lowest BCUT2D eigenvalue weighted by Gasteiger charge is -2.05. The third kappa shape index (κ3) is 3.15. The minimum atomic E-state index is -0.783. The van der Waals surface area contributed by atoms with E-state index in [4.69, 9.17) is 16.7 Å². The van der Waals surface area contributed by atoms with Gasteiger partial charge in [-0.2, -0.15) is 0 Å². The summed E-state index contributed by atoms with van der Waals surface area (Å²) in [6.07, 6.45) is 3.16. The van der Waals surface area contributed by atoms with Crippen LogP contribution in [0.4, 0.5) is 0 Å². The van der Waals surface area contributed by atoms with E-state index in [-0.39, 0.29) is 6.42 Å². The molecule has 0 bridgehead atoms. The summed E-state index contributed by atoms with van der Waals surface area (Å²) in [7, 11) is 0. The molecule has 100 valence electrons. The van der Waals surface area contributed by atoms with E-state index in [2.05, 4.69) is 11.6 Å². The first kappa shape index (κ1) is 13.6. The highest BCUT2D eigenvalue weighted by Crippen LogP contribution is 2.21. The van der Waals surface area contributed by atoms with Crippen molar-refractivity contribution < 1.29 is 9.90 Å². The molecule has 0 aliphatic rings. The Morgan fingerprint density at radius 1 is 1.53 bits per heavy atom. The highest BCUT2D eigenvalue weighted by Gasteiger charge is 2.10. The van der Waals surface area contributed by atoms with Crippen LogP contribution in [-0.2, 0) is 17.8 Å². The molecule has 1 heterocycles. The number of benzene rings is 1. The van der Waals surface area contributed by atoms with E-state index < -0.39 is 5.97 Å². The standard InChI is InChI=1S/C14H15ClN2O2/c1-2-8-17-12-7-6-10(15)9-11(12)16-13(17)4-3-5-14(18)19/h2,6-7,9H,1,3-5,8H2,(H,18,19). The largest absolute Gasteiger partial charge is 0.481 e. The van der Waals surface area contributed by atoms with Crippen molar-refractivity contribution in [3.63, 3.8) is 0 Å². The molecule has 0 aliphatic carbocycles. The summed E-state index contributed by atoms with van der Waals surface area (Å²) < 4.78 is 2.04. The Kier molecular flexibility index (Phi) is 4.22. The molecule has 0 aliphatic heterocycles. The molecule has 0 atom stereocenters. The van der Waals surface area contributed by atoms with E-state index in [0.29, 0.717) is 24.4 Å². The van der Waals surface area contributed by atoms with E-state index in [9.17, 15) is 4.79 Å². The van der Waals surface area contributed by atoms with Gasteiger partial charge in [0.05, 0.1) is 11.0 Å². The zero-order valence-corrected chi connectivity index (χ0v) is 11.2. The first-order valence-corrected chi connectivity index (χ1v) is 6.47. The quantitative estimate of drug-likeness (QED) is 0.825. The summed E-state index contributed by atoms with van der Waals surface area (Å²) in [6, 6.07) is 5.57. The molecule has 19 heavy (non-hydrogen) atoms. The van der Waals surface area contributed by atoms with Crippen molar-refractivity contribution in [1.82, 2.24) is 9.55 Å². The normalized spacial score (nSPS) is 10.8. The number of rotatable bonds is 6. The number of imidazole rings is 1. The molecule has 5 heteroatoms. The van der Waals surface area contributed by atoms with Crippen LogP contribution >= 0.6 is 11.6 Å². The lowest BCUT2D eigenvalue weighted by molar-refractivity contribution is -0.137. The number of aromatic nitrogens is 2. The number of carbonyl (C=O) groups is 1. The van der Waals surface area contributed by atoms with E-state index >= 15 is 0 Å². The Bertz CT molecular complexity index is 619. The van der Waals surface area contributed by atoms with Gasteiger partial charge in [0.2, 0.25) is 0 Å². The fourth-order valence-corrected chi connectivity index (χ4v) is 2.24. The summed E-state index contributed by atoms with van der Waals surface area (Å²) >= 11 is 5.96. The molecule has 0 radical (unpaired) electrons. The number of aryl methyl sites for hydroxylation is 1. The van der Waals surface area contributed by atoms with Gasteiger partial charge in [0.1, 0.15) is 5.82 Å². The Labute approximate surface area is 116 Å². The van der Waals surface area contributed by atoms with Crippen LogP contribution in [0.15, 0.2) is 30.9 Å². The van der Waals surface area contributed by atoms with Crippen molar-refractivity contribution in [2.24, 2.45) is 0 Å². The van der Waals surface area contributed by atoms with Crippen molar-refractivity contribution in [3.05, 3.63) is 41.7 Å². The second kappa shape index (κ2) is 5.89. The van der Waals surface area contributed by atoms with Crippen molar-refractivity contribution in [2.75, 3.05) is 0 Å². The van der Waals surface area contributed by atoms with Crippen LogP contribution in [0.5, 0.6) is 0 Å². The minimum Gasteiger partial charge on any atom is -0.481 e. The summed E-state index contributed by atoms with van der Waals surface area (Å²) in [5.41, 5.74) is 1.83. The molecule has 0 saturated carbocycles. The molecular weight excluding hydrogens is 264 g/mol. The van der Waals surface area contributed by atoms with Crippen LogP contribution in [0, 0.1) is 0 Å². The molecular formula is C14H15ClN2O2. The predicted molar refractivity (Wildman–Crippen MR) is 75.5 cm³/mol. The first-order valence-electron chi connectivity index (χ1n) is 6.09. The van der Waals surface area contributed by atoms with Crippen molar-refractivity contribution >= 4 is 28.6 Å². The van der Waals surface area contributed by atoms with Crippen molar-refractivity contribution in [1.29, 1.82) is 0 Å². The van der Waals surface area contributed by atoms with Gasteiger partial charge in [0, 0.05) is 24.4 Å². The second-order valence-corrected chi connectivity index (χ2v) is 4.74. The number of fused-ring (bicyclic) bond motifs is 1. The lowest BCUT2D eigenvalue weighted by atomic mass is 10.2. The fraction of sp³-hybridized carbons (Fsp3) is 0.286. The van der Waals surface area contributed by atoms with E-state index in [1.165, 1.54) is 0 Å². The number of aliphatic carboxylic acids is 1. The average Bonchev–Trinajstić information content (AvgIpc) is 2.67. The van der Waals surface area contributed by atoms with E-state index in [0.717, 1.165) is 16.9 Å². The van der Waals surface area contributed by atoms with Gasteiger partial charge in [-0.1, -0.05) is 17.7 Å². The van der Waals surface area contributed by atoms with Crippen LogP contribution in [0.25, 0.3) is 11.0 Å². The summed E-state index contributed by atoms with van der Waals surface area (Å²) in [5.74, 6) is 0.0906. The van der Waals surface area contributed by atoms with E-state index in [1.807, 2.05) is 22.8 Å². The maximum absolute atomic E-state index is 10.6. The molecule has 2 aromatic rings. The van der Waals surface area contributed by atoms with Gasteiger partial charge in [-0.15, -0.1) is 6.58 Å². The van der Waals surface area contributed by atoms with Gasteiger partial charge in [-0.05, 0) is 24.6 Å².